The molecule has 1 amide bonds. The van der Waals surface area contributed by atoms with E-state index >= 15 is 0 Å². The minimum Gasteiger partial charge on any atom is -0.506 e. The highest BCUT2D eigenvalue weighted by atomic mass is 16.4. The lowest BCUT2D eigenvalue weighted by molar-refractivity contribution is -0.126. The van der Waals surface area contributed by atoms with Gasteiger partial charge < -0.3 is 20.6 Å². The summed E-state index contributed by atoms with van der Waals surface area (Å²) in [5.41, 5.74) is -1.61. The molecule has 2 rings (SSSR count). The van der Waals surface area contributed by atoms with Crippen LogP contribution in [0, 0.1) is 10.8 Å². The number of nitrogens with one attached hydrogen (secondary N) is 1. The molecule has 1 aromatic carbocycles. The molecule has 0 saturated carbocycles. The Bertz CT molecular complexity index is 795. The predicted octanol–water partition coefficient (Wildman–Crippen LogP) is 3.08. The molecule has 0 fully saturated rings. The Morgan fingerprint density at radius 3 is 2.46 bits per heavy atom. The molecule has 1 unspecified atom stereocenters. The van der Waals surface area contributed by atoms with Crippen LogP contribution in [0.15, 0.2) is 24.3 Å². The Balaban J connectivity index is 2.11. The predicted molar refractivity (Wildman–Crippen MR) is 95.2 cm³/mol. The fourth-order valence-electron chi connectivity index (χ4n) is 3.33. The SMILES string of the molecule is CC1(C)C=CC(=O)C(C)(CCC(=O)Nc2c(O)ccc(C(=O)O)c2O)C1. The number of benzene rings is 1. The van der Waals surface area contributed by atoms with Gasteiger partial charge in [-0.2, -0.15) is 0 Å². The molecule has 0 aromatic heterocycles. The van der Waals surface area contributed by atoms with E-state index in [9.17, 15) is 24.6 Å². The van der Waals surface area contributed by atoms with Crippen LogP contribution >= 0.6 is 0 Å². The molecule has 0 bridgehead atoms. The third kappa shape index (κ3) is 4.04. The molecular weight excluding hydrogens is 338 g/mol. The summed E-state index contributed by atoms with van der Waals surface area (Å²) in [5, 5.41) is 31.1. The normalized spacial score (nSPS) is 21.4. The van der Waals surface area contributed by atoms with Gasteiger partial charge in [0.25, 0.3) is 0 Å². The van der Waals surface area contributed by atoms with Gasteiger partial charge in [0.15, 0.2) is 11.5 Å². The summed E-state index contributed by atoms with van der Waals surface area (Å²) < 4.78 is 0. The number of aromatic carboxylic acids is 1. The first-order valence-electron chi connectivity index (χ1n) is 8.27. The van der Waals surface area contributed by atoms with Crippen LogP contribution < -0.4 is 5.32 Å². The highest BCUT2D eigenvalue weighted by molar-refractivity contribution is 6.00. The number of hydrogen-bond acceptors (Lipinski definition) is 5. The maximum atomic E-state index is 12.2. The molecule has 7 nitrogen and oxygen atoms in total. The highest BCUT2D eigenvalue weighted by Crippen LogP contribution is 2.43. The van der Waals surface area contributed by atoms with E-state index in [0.29, 0.717) is 12.8 Å². The van der Waals surface area contributed by atoms with Gasteiger partial charge in [0, 0.05) is 11.8 Å². The van der Waals surface area contributed by atoms with E-state index in [-0.39, 0.29) is 23.3 Å². The van der Waals surface area contributed by atoms with Crippen LogP contribution in [0.1, 0.15) is 50.4 Å². The summed E-state index contributed by atoms with van der Waals surface area (Å²) in [6.07, 6.45) is 4.31. The lowest BCUT2D eigenvalue weighted by atomic mass is 9.65. The van der Waals surface area contributed by atoms with Crippen molar-refractivity contribution >= 4 is 23.3 Å². The number of carboxylic acids is 1. The zero-order valence-corrected chi connectivity index (χ0v) is 15.0. The molecule has 1 aliphatic carbocycles. The summed E-state index contributed by atoms with van der Waals surface area (Å²) >= 11 is 0. The number of anilines is 1. The van der Waals surface area contributed by atoms with Crippen molar-refractivity contribution in [2.45, 2.75) is 40.0 Å². The Labute approximate surface area is 151 Å². The van der Waals surface area contributed by atoms with E-state index in [4.69, 9.17) is 5.11 Å². The summed E-state index contributed by atoms with van der Waals surface area (Å²) in [5.74, 6) is -3.10. The van der Waals surface area contributed by atoms with Gasteiger partial charge in [-0.3, -0.25) is 9.59 Å². The van der Waals surface area contributed by atoms with Gasteiger partial charge in [-0.05, 0) is 36.5 Å². The molecule has 0 saturated heterocycles. The van der Waals surface area contributed by atoms with Gasteiger partial charge in [0.2, 0.25) is 5.91 Å². The molecule has 0 aliphatic heterocycles. The molecule has 4 N–H and O–H groups in total. The Kier molecular flexibility index (Phi) is 5.11. The first kappa shape index (κ1) is 19.5. The van der Waals surface area contributed by atoms with Gasteiger partial charge >= 0.3 is 5.97 Å². The standard InChI is InChI=1S/C19H23NO6/c1-18(2)8-6-13(22)19(3,10-18)9-7-14(23)20-15-12(21)5-4-11(16(15)24)17(25)26/h4-6,8,21,24H,7,9-10H2,1-3H3,(H,20,23)(H,25,26). The fourth-order valence-corrected chi connectivity index (χ4v) is 3.33. The number of carbonyl (C=O) groups excluding carboxylic acids is 2. The number of amides is 1. The van der Waals surface area contributed by atoms with Crippen LogP contribution in [-0.4, -0.2) is 33.0 Å². The van der Waals surface area contributed by atoms with E-state index in [1.807, 2.05) is 26.8 Å². The van der Waals surface area contributed by atoms with Crippen molar-refractivity contribution in [2.75, 3.05) is 5.32 Å². The molecule has 140 valence electrons. The van der Waals surface area contributed by atoms with Crippen molar-refractivity contribution < 1.29 is 29.7 Å². The number of hydrogen-bond donors (Lipinski definition) is 4. The maximum Gasteiger partial charge on any atom is 0.339 e. The molecule has 1 aliphatic rings. The first-order valence-corrected chi connectivity index (χ1v) is 8.27. The number of carbonyl (C=O) groups is 3. The lowest BCUT2D eigenvalue weighted by Gasteiger charge is -2.37. The molecule has 7 heteroatoms. The Hall–Kier alpha value is -2.83. The number of phenolic OH excluding ortho intramolecular Hbond substituents is 1. The molecule has 0 heterocycles. The fraction of sp³-hybridized carbons (Fsp3) is 0.421. The largest absolute Gasteiger partial charge is 0.506 e. The molecular formula is C19H23NO6. The van der Waals surface area contributed by atoms with Crippen LogP contribution in [0.25, 0.3) is 0 Å². The number of rotatable bonds is 5. The van der Waals surface area contributed by atoms with E-state index < -0.39 is 34.4 Å². The van der Waals surface area contributed by atoms with Crippen molar-refractivity contribution in [2.24, 2.45) is 10.8 Å². The van der Waals surface area contributed by atoms with Crippen LogP contribution in [0.2, 0.25) is 0 Å². The van der Waals surface area contributed by atoms with E-state index in [0.717, 1.165) is 12.1 Å². The molecule has 0 spiro atoms. The van der Waals surface area contributed by atoms with Gasteiger partial charge in [-0.25, -0.2) is 4.79 Å². The number of aromatic hydroxyl groups is 2. The van der Waals surface area contributed by atoms with E-state index in [1.165, 1.54) is 0 Å². The summed E-state index contributed by atoms with van der Waals surface area (Å²) in [6, 6.07) is 2.12. The minimum absolute atomic E-state index is 0.0116. The second kappa shape index (κ2) is 6.82. The average molecular weight is 361 g/mol. The third-order valence-corrected chi connectivity index (χ3v) is 4.68. The van der Waals surface area contributed by atoms with Crippen LogP contribution in [0.3, 0.4) is 0 Å². The monoisotopic (exact) mass is 361 g/mol. The summed E-state index contributed by atoms with van der Waals surface area (Å²) in [6.45, 7) is 5.84. The molecule has 0 radical (unpaired) electrons. The zero-order chi connectivity index (χ0) is 19.7. The van der Waals surface area contributed by atoms with Gasteiger partial charge in [-0.15, -0.1) is 0 Å². The summed E-state index contributed by atoms with van der Waals surface area (Å²) in [7, 11) is 0. The molecule has 1 aromatic rings. The number of phenols is 2. The second-order valence-electron chi connectivity index (χ2n) is 7.63. The van der Waals surface area contributed by atoms with Crippen molar-refractivity contribution in [1.82, 2.24) is 0 Å². The van der Waals surface area contributed by atoms with Gasteiger partial charge in [-0.1, -0.05) is 26.8 Å². The maximum absolute atomic E-state index is 12.2. The van der Waals surface area contributed by atoms with Crippen molar-refractivity contribution in [1.29, 1.82) is 0 Å². The highest BCUT2D eigenvalue weighted by Gasteiger charge is 2.39. The zero-order valence-electron chi connectivity index (χ0n) is 15.0. The Morgan fingerprint density at radius 2 is 1.85 bits per heavy atom. The topological polar surface area (TPSA) is 124 Å². The van der Waals surface area contributed by atoms with Crippen LogP contribution in [0.5, 0.6) is 11.5 Å². The first-order chi connectivity index (χ1) is 11.9. The van der Waals surface area contributed by atoms with Crippen LogP contribution in [-0.2, 0) is 9.59 Å². The van der Waals surface area contributed by atoms with Gasteiger partial charge in [0.05, 0.1) is 0 Å². The van der Waals surface area contributed by atoms with Crippen LogP contribution in [0.4, 0.5) is 5.69 Å². The van der Waals surface area contributed by atoms with Crippen molar-refractivity contribution in [3.8, 4) is 11.5 Å². The molecule has 26 heavy (non-hydrogen) atoms. The van der Waals surface area contributed by atoms with Crippen molar-refractivity contribution in [3.05, 3.63) is 29.8 Å². The van der Waals surface area contributed by atoms with Gasteiger partial charge in [0.1, 0.15) is 17.0 Å². The third-order valence-electron chi connectivity index (χ3n) is 4.68. The van der Waals surface area contributed by atoms with E-state index in [1.54, 1.807) is 6.08 Å². The van der Waals surface area contributed by atoms with Crippen molar-refractivity contribution in [3.63, 3.8) is 0 Å². The minimum atomic E-state index is -1.38. The second-order valence-corrected chi connectivity index (χ2v) is 7.63. The number of carboxylic acid groups (broad SMARTS) is 1. The smallest absolute Gasteiger partial charge is 0.339 e. The van der Waals surface area contributed by atoms with E-state index in [2.05, 4.69) is 5.32 Å². The molecule has 1 atom stereocenters. The Morgan fingerprint density at radius 1 is 1.19 bits per heavy atom. The average Bonchev–Trinajstić information content (AvgIpc) is 2.53. The number of ketones is 1. The summed E-state index contributed by atoms with van der Waals surface area (Å²) in [4.78, 5) is 35.5. The lowest BCUT2D eigenvalue weighted by Crippen LogP contribution is -2.36. The quantitative estimate of drug-likeness (QED) is 0.598. The number of allylic oxidation sites excluding steroid dienone is 2.